The number of hydrogen-bond donors (Lipinski definition) is 1. The Kier molecular flexibility index (Phi) is 8.52. The Morgan fingerprint density at radius 3 is 2.71 bits per heavy atom. The van der Waals surface area contributed by atoms with Crippen molar-refractivity contribution in [3.05, 3.63) is 29.3 Å². The maximum atomic E-state index is 12.2. The van der Waals surface area contributed by atoms with E-state index in [1.54, 1.807) is 11.8 Å². The van der Waals surface area contributed by atoms with Gasteiger partial charge in [-0.2, -0.15) is 13.2 Å². The topological polar surface area (TPSA) is 12.0 Å². The molecule has 0 heterocycles. The van der Waals surface area contributed by atoms with E-state index in [1.807, 2.05) is 31.2 Å². The van der Waals surface area contributed by atoms with Crippen LogP contribution < -0.4 is 5.32 Å². The fraction of sp³-hybridized carbons (Fsp3) is 0.600. The van der Waals surface area contributed by atoms with Gasteiger partial charge >= 0.3 is 6.18 Å². The van der Waals surface area contributed by atoms with Crippen molar-refractivity contribution in [2.75, 3.05) is 12.3 Å². The van der Waals surface area contributed by atoms with Crippen molar-refractivity contribution < 1.29 is 13.2 Å². The molecule has 0 fully saturated rings. The standard InChI is InChI=1S/C15H21ClF3NS/c1-2-9-20-13(6-4-8-15(17,18)19)11-21-14-7-3-5-12(16)10-14/h3,5,7,10,13,20H,2,4,6,8-9,11H2,1H3. The molecule has 1 atom stereocenters. The van der Waals surface area contributed by atoms with Gasteiger partial charge in [-0.25, -0.2) is 0 Å². The Balaban J connectivity index is 2.41. The highest BCUT2D eigenvalue weighted by molar-refractivity contribution is 7.99. The van der Waals surface area contributed by atoms with Crippen molar-refractivity contribution in [2.45, 2.75) is 49.7 Å². The Bertz CT molecular complexity index is 412. The Labute approximate surface area is 133 Å². The Hall–Kier alpha value is -0.390. The monoisotopic (exact) mass is 339 g/mol. The lowest BCUT2D eigenvalue weighted by molar-refractivity contribution is -0.135. The molecule has 1 rings (SSSR count). The number of halogens is 4. The Morgan fingerprint density at radius 1 is 1.33 bits per heavy atom. The second-order valence-corrected chi connectivity index (χ2v) is 6.46. The first kappa shape index (κ1) is 18.7. The van der Waals surface area contributed by atoms with Crippen LogP contribution in [-0.2, 0) is 0 Å². The summed E-state index contributed by atoms with van der Waals surface area (Å²) in [6.45, 7) is 2.87. The van der Waals surface area contributed by atoms with Crippen LogP contribution in [-0.4, -0.2) is 24.5 Å². The van der Waals surface area contributed by atoms with E-state index in [0.717, 1.165) is 23.6 Å². The molecule has 0 amide bonds. The fourth-order valence-electron chi connectivity index (χ4n) is 1.90. The van der Waals surface area contributed by atoms with Gasteiger partial charge in [0.15, 0.2) is 0 Å². The number of hydrogen-bond acceptors (Lipinski definition) is 2. The van der Waals surface area contributed by atoms with Crippen molar-refractivity contribution in [3.8, 4) is 0 Å². The van der Waals surface area contributed by atoms with E-state index < -0.39 is 12.6 Å². The first-order chi connectivity index (χ1) is 9.90. The fourth-order valence-corrected chi connectivity index (χ4v) is 3.21. The van der Waals surface area contributed by atoms with Crippen LogP contribution in [0, 0.1) is 0 Å². The van der Waals surface area contributed by atoms with E-state index in [-0.39, 0.29) is 12.5 Å². The summed E-state index contributed by atoms with van der Waals surface area (Å²) in [6.07, 6.45) is -3.10. The number of nitrogens with one attached hydrogen (secondary N) is 1. The zero-order chi connectivity index (χ0) is 15.7. The van der Waals surface area contributed by atoms with Crippen molar-refractivity contribution >= 4 is 23.4 Å². The second-order valence-electron chi connectivity index (χ2n) is 4.93. The number of benzene rings is 1. The molecule has 0 spiro atoms. The van der Waals surface area contributed by atoms with Crippen LogP contribution in [0.1, 0.15) is 32.6 Å². The van der Waals surface area contributed by atoms with Gasteiger partial charge in [-0.15, -0.1) is 11.8 Å². The molecule has 0 aromatic heterocycles. The van der Waals surface area contributed by atoms with Crippen molar-refractivity contribution in [2.24, 2.45) is 0 Å². The molecule has 1 N–H and O–H groups in total. The molecule has 1 aromatic carbocycles. The minimum absolute atomic E-state index is 0.0938. The third kappa shape index (κ3) is 9.27. The van der Waals surface area contributed by atoms with Gasteiger partial charge in [-0.05, 0) is 44.0 Å². The minimum atomic E-state index is -4.06. The SMILES string of the molecule is CCCNC(CCCC(F)(F)F)CSc1cccc(Cl)c1. The predicted octanol–water partition coefficient (Wildman–Crippen LogP) is 5.53. The van der Waals surface area contributed by atoms with E-state index in [1.165, 1.54) is 0 Å². The van der Waals surface area contributed by atoms with Crippen LogP contribution in [0.2, 0.25) is 5.02 Å². The summed E-state index contributed by atoms with van der Waals surface area (Å²) in [5.74, 6) is 0.748. The van der Waals surface area contributed by atoms with E-state index in [2.05, 4.69) is 5.32 Å². The van der Waals surface area contributed by atoms with Crippen LogP contribution in [0.4, 0.5) is 13.2 Å². The van der Waals surface area contributed by atoms with Gasteiger partial charge in [0.1, 0.15) is 0 Å². The molecule has 0 aliphatic carbocycles. The third-order valence-corrected chi connectivity index (χ3v) is 4.33. The molecule has 0 saturated carbocycles. The van der Waals surface area contributed by atoms with E-state index in [4.69, 9.17) is 11.6 Å². The van der Waals surface area contributed by atoms with Gasteiger partial charge in [0.05, 0.1) is 0 Å². The van der Waals surface area contributed by atoms with Gasteiger partial charge < -0.3 is 5.32 Å². The lowest BCUT2D eigenvalue weighted by Crippen LogP contribution is -2.32. The van der Waals surface area contributed by atoms with Crippen LogP contribution in [0.5, 0.6) is 0 Å². The lowest BCUT2D eigenvalue weighted by Gasteiger charge is -2.18. The molecule has 0 saturated heterocycles. The van der Waals surface area contributed by atoms with Crippen LogP contribution in [0.15, 0.2) is 29.2 Å². The summed E-state index contributed by atoms with van der Waals surface area (Å²) < 4.78 is 36.6. The maximum absolute atomic E-state index is 12.2. The van der Waals surface area contributed by atoms with Gasteiger partial charge in [0.2, 0.25) is 0 Å². The molecule has 0 bridgehead atoms. The highest BCUT2D eigenvalue weighted by Crippen LogP contribution is 2.25. The van der Waals surface area contributed by atoms with Crippen LogP contribution >= 0.6 is 23.4 Å². The van der Waals surface area contributed by atoms with E-state index in [9.17, 15) is 13.2 Å². The third-order valence-electron chi connectivity index (χ3n) is 2.94. The average molecular weight is 340 g/mol. The van der Waals surface area contributed by atoms with Crippen molar-refractivity contribution in [1.29, 1.82) is 0 Å². The minimum Gasteiger partial charge on any atom is -0.313 e. The zero-order valence-corrected chi connectivity index (χ0v) is 13.6. The summed E-state index contributed by atoms with van der Waals surface area (Å²) >= 11 is 7.55. The van der Waals surface area contributed by atoms with Crippen LogP contribution in [0.25, 0.3) is 0 Å². The molecule has 0 radical (unpaired) electrons. The highest BCUT2D eigenvalue weighted by Gasteiger charge is 2.26. The van der Waals surface area contributed by atoms with Gasteiger partial charge in [-0.3, -0.25) is 0 Å². The van der Waals surface area contributed by atoms with Gasteiger partial charge in [-0.1, -0.05) is 24.6 Å². The second kappa shape index (κ2) is 9.59. The normalized spacial score (nSPS) is 13.4. The number of rotatable bonds is 9. The molecule has 1 nitrogen and oxygen atoms in total. The smallest absolute Gasteiger partial charge is 0.313 e. The van der Waals surface area contributed by atoms with Gasteiger partial charge in [0, 0.05) is 28.1 Å². The van der Waals surface area contributed by atoms with Crippen molar-refractivity contribution in [1.82, 2.24) is 5.32 Å². The van der Waals surface area contributed by atoms with E-state index >= 15 is 0 Å². The molecule has 0 aliphatic heterocycles. The first-order valence-corrected chi connectivity index (χ1v) is 8.45. The molecule has 1 aromatic rings. The molecule has 120 valence electrons. The quantitative estimate of drug-likeness (QED) is 0.593. The molecule has 21 heavy (non-hydrogen) atoms. The first-order valence-electron chi connectivity index (χ1n) is 7.09. The molecular weight excluding hydrogens is 319 g/mol. The predicted molar refractivity (Wildman–Crippen MR) is 84.2 cm³/mol. The van der Waals surface area contributed by atoms with Gasteiger partial charge in [0.25, 0.3) is 0 Å². The molecule has 6 heteroatoms. The molecular formula is C15H21ClF3NS. The zero-order valence-electron chi connectivity index (χ0n) is 12.0. The summed E-state index contributed by atoms with van der Waals surface area (Å²) in [5.41, 5.74) is 0. The molecule has 0 aliphatic rings. The summed E-state index contributed by atoms with van der Waals surface area (Å²) in [7, 11) is 0. The van der Waals surface area contributed by atoms with E-state index in [0.29, 0.717) is 11.4 Å². The van der Waals surface area contributed by atoms with Crippen molar-refractivity contribution in [3.63, 3.8) is 0 Å². The largest absolute Gasteiger partial charge is 0.389 e. The lowest BCUT2D eigenvalue weighted by atomic mass is 10.1. The summed E-state index contributed by atoms with van der Waals surface area (Å²) in [4.78, 5) is 1.04. The number of alkyl halides is 3. The van der Waals surface area contributed by atoms with Crippen LogP contribution in [0.3, 0.4) is 0 Å². The summed E-state index contributed by atoms with van der Waals surface area (Å²) in [6, 6.07) is 7.61. The average Bonchev–Trinajstić information content (AvgIpc) is 2.40. The molecule has 1 unspecified atom stereocenters. The Morgan fingerprint density at radius 2 is 2.10 bits per heavy atom. The highest BCUT2D eigenvalue weighted by atomic mass is 35.5. The summed E-state index contributed by atoms with van der Waals surface area (Å²) in [5, 5.41) is 4.00. The number of thioether (sulfide) groups is 1. The maximum Gasteiger partial charge on any atom is 0.389 e.